The molecule has 2 rings (SSSR count). The number of non-ortho nitro benzene ring substituents is 1. The molecule has 0 spiro atoms. The zero-order valence-electron chi connectivity index (χ0n) is 16.2. The summed E-state index contributed by atoms with van der Waals surface area (Å²) in [6.07, 6.45) is 2.99. The van der Waals surface area contributed by atoms with Crippen LogP contribution in [-0.4, -0.2) is 24.7 Å². The second kappa shape index (κ2) is 9.97. The summed E-state index contributed by atoms with van der Waals surface area (Å²) in [4.78, 5) is 16.0. The Balaban J connectivity index is 2.20. The average Bonchev–Trinajstić information content (AvgIpc) is 2.65. The number of nitro groups is 1. The van der Waals surface area contributed by atoms with Crippen molar-refractivity contribution in [2.45, 2.75) is 32.1 Å². The monoisotopic (exact) mass is 386 g/mol. The summed E-state index contributed by atoms with van der Waals surface area (Å²) in [5, 5.41) is 14.2. The summed E-state index contributed by atoms with van der Waals surface area (Å²) in [7, 11) is 1.97. The molecule has 27 heavy (non-hydrogen) atoms. The molecule has 2 aromatic rings. The fourth-order valence-corrected chi connectivity index (χ4v) is 3.09. The van der Waals surface area contributed by atoms with E-state index in [1.807, 2.05) is 29.7 Å². The zero-order valence-corrected chi connectivity index (χ0v) is 17.0. The maximum absolute atomic E-state index is 10.8. The SMILES string of the molecule is CCCNc1ccc(N(C)Sc2ccc([N+](=O)[O-])cc2)cc1N=CC(C)C. The Bertz CT molecular complexity index is 791. The molecule has 0 fully saturated rings. The molecule has 7 heteroatoms. The highest BCUT2D eigenvalue weighted by atomic mass is 32.2. The maximum atomic E-state index is 10.8. The van der Waals surface area contributed by atoms with Gasteiger partial charge in [-0.15, -0.1) is 0 Å². The van der Waals surface area contributed by atoms with Crippen molar-refractivity contribution in [2.24, 2.45) is 10.9 Å². The van der Waals surface area contributed by atoms with Gasteiger partial charge in [-0.05, 0) is 54.6 Å². The lowest BCUT2D eigenvalue weighted by Crippen LogP contribution is -2.07. The first kappa shape index (κ1) is 20.8. The third kappa shape index (κ3) is 6.29. The van der Waals surface area contributed by atoms with Crippen LogP contribution >= 0.6 is 11.9 Å². The molecule has 0 atom stereocenters. The number of benzene rings is 2. The van der Waals surface area contributed by atoms with E-state index < -0.39 is 0 Å². The lowest BCUT2D eigenvalue weighted by Gasteiger charge is -2.19. The molecular formula is C20H26N4O2S. The number of rotatable bonds is 9. The van der Waals surface area contributed by atoms with Crippen molar-refractivity contribution in [3.63, 3.8) is 0 Å². The van der Waals surface area contributed by atoms with Crippen LogP contribution in [0.5, 0.6) is 0 Å². The van der Waals surface area contributed by atoms with E-state index in [9.17, 15) is 10.1 Å². The van der Waals surface area contributed by atoms with Crippen LogP contribution in [0.15, 0.2) is 52.4 Å². The van der Waals surface area contributed by atoms with E-state index in [4.69, 9.17) is 0 Å². The van der Waals surface area contributed by atoms with E-state index in [-0.39, 0.29) is 10.6 Å². The van der Waals surface area contributed by atoms with Gasteiger partial charge in [0.25, 0.3) is 5.69 Å². The minimum Gasteiger partial charge on any atom is -0.383 e. The topological polar surface area (TPSA) is 70.8 Å². The normalized spacial score (nSPS) is 11.1. The van der Waals surface area contributed by atoms with Crippen LogP contribution in [0, 0.1) is 16.0 Å². The lowest BCUT2D eigenvalue weighted by molar-refractivity contribution is -0.384. The van der Waals surface area contributed by atoms with Gasteiger partial charge in [0.2, 0.25) is 0 Å². The van der Waals surface area contributed by atoms with Gasteiger partial charge in [-0.25, -0.2) is 0 Å². The van der Waals surface area contributed by atoms with E-state index in [2.05, 4.69) is 37.1 Å². The molecule has 0 aliphatic heterocycles. The molecule has 0 radical (unpaired) electrons. The number of hydrogen-bond donors (Lipinski definition) is 1. The Morgan fingerprint density at radius 3 is 2.56 bits per heavy atom. The second-order valence-electron chi connectivity index (χ2n) is 6.49. The molecular weight excluding hydrogens is 360 g/mol. The van der Waals surface area contributed by atoms with E-state index in [0.29, 0.717) is 5.92 Å². The first-order chi connectivity index (χ1) is 12.9. The summed E-state index contributed by atoms with van der Waals surface area (Å²) >= 11 is 1.51. The van der Waals surface area contributed by atoms with Gasteiger partial charge >= 0.3 is 0 Å². The standard InChI is InChI=1S/C20H26N4O2S/c1-5-12-21-19-11-8-17(13-20(19)22-14-15(2)3)23(4)27-18-9-6-16(7-10-18)24(25)26/h6-11,13-15,21H,5,12H2,1-4H3. The van der Waals surface area contributed by atoms with Crippen molar-refractivity contribution in [3.8, 4) is 0 Å². The smallest absolute Gasteiger partial charge is 0.269 e. The van der Waals surface area contributed by atoms with Crippen molar-refractivity contribution in [3.05, 3.63) is 52.6 Å². The number of aliphatic imine (C=N–C) groups is 1. The first-order valence-corrected chi connectivity index (χ1v) is 9.76. The van der Waals surface area contributed by atoms with Gasteiger partial charge in [-0.1, -0.05) is 20.8 Å². The van der Waals surface area contributed by atoms with Crippen molar-refractivity contribution in [1.29, 1.82) is 0 Å². The third-order valence-electron chi connectivity index (χ3n) is 3.71. The maximum Gasteiger partial charge on any atom is 0.269 e. The predicted molar refractivity (Wildman–Crippen MR) is 116 cm³/mol. The Labute approximate surface area is 165 Å². The van der Waals surface area contributed by atoms with Crippen LogP contribution in [0.1, 0.15) is 27.2 Å². The van der Waals surface area contributed by atoms with Crippen molar-refractivity contribution in [1.82, 2.24) is 0 Å². The molecule has 0 saturated heterocycles. The summed E-state index contributed by atoms with van der Waals surface area (Å²) in [6.45, 7) is 7.23. The summed E-state index contributed by atoms with van der Waals surface area (Å²) in [6, 6.07) is 12.7. The van der Waals surface area contributed by atoms with E-state index in [0.717, 1.165) is 34.9 Å². The van der Waals surface area contributed by atoms with E-state index in [1.165, 1.54) is 24.1 Å². The molecule has 2 aromatic carbocycles. The zero-order chi connectivity index (χ0) is 19.8. The number of nitrogens with one attached hydrogen (secondary N) is 1. The molecule has 0 bridgehead atoms. The van der Waals surface area contributed by atoms with Crippen molar-refractivity contribution < 1.29 is 4.92 Å². The fraction of sp³-hybridized carbons (Fsp3) is 0.350. The Kier molecular flexibility index (Phi) is 7.67. The Morgan fingerprint density at radius 1 is 1.26 bits per heavy atom. The van der Waals surface area contributed by atoms with Crippen LogP contribution in [0.2, 0.25) is 0 Å². The number of anilines is 2. The van der Waals surface area contributed by atoms with E-state index >= 15 is 0 Å². The number of nitrogens with zero attached hydrogens (tertiary/aromatic N) is 3. The molecule has 0 unspecified atom stereocenters. The van der Waals surface area contributed by atoms with Crippen LogP contribution < -0.4 is 9.62 Å². The van der Waals surface area contributed by atoms with Crippen LogP contribution in [0.4, 0.5) is 22.7 Å². The number of nitro benzene ring substituents is 1. The summed E-state index contributed by atoms with van der Waals surface area (Å²) in [5.74, 6) is 0.375. The largest absolute Gasteiger partial charge is 0.383 e. The third-order valence-corrected chi connectivity index (χ3v) is 4.68. The lowest BCUT2D eigenvalue weighted by atomic mass is 10.2. The van der Waals surface area contributed by atoms with Gasteiger partial charge < -0.3 is 9.62 Å². The minimum atomic E-state index is -0.390. The molecule has 6 nitrogen and oxygen atoms in total. The molecule has 0 amide bonds. The van der Waals surface area contributed by atoms with Crippen molar-refractivity contribution >= 4 is 40.9 Å². The van der Waals surface area contributed by atoms with Crippen molar-refractivity contribution in [2.75, 3.05) is 23.2 Å². The molecule has 0 aliphatic carbocycles. The van der Waals surface area contributed by atoms with Gasteiger partial charge in [0.1, 0.15) is 0 Å². The average molecular weight is 387 g/mol. The fourth-order valence-electron chi connectivity index (χ4n) is 2.30. The highest BCUT2D eigenvalue weighted by molar-refractivity contribution is 8.00. The molecule has 1 N–H and O–H groups in total. The first-order valence-electron chi connectivity index (χ1n) is 8.99. The van der Waals surface area contributed by atoms with Gasteiger partial charge in [-0.2, -0.15) is 0 Å². The van der Waals surface area contributed by atoms with Gasteiger partial charge in [-0.3, -0.25) is 15.1 Å². The number of hydrogen-bond acceptors (Lipinski definition) is 6. The highest BCUT2D eigenvalue weighted by Crippen LogP contribution is 2.34. The molecule has 144 valence electrons. The second-order valence-corrected chi connectivity index (χ2v) is 7.69. The quantitative estimate of drug-likeness (QED) is 0.251. The van der Waals surface area contributed by atoms with Gasteiger partial charge in [0.05, 0.1) is 16.3 Å². The molecule has 0 aliphatic rings. The Hall–Kier alpha value is -2.54. The van der Waals surface area contributed by atoms with Crippen LogP contribution in [0.3, 0.4) is 0 Å². The minimum absolute atomic E-state index is 0.0960. The molecule has 0 saturated carbocycles. The van der Waals surface area contributed by atoms with E-state index in [1.54, 1.807) is 12.1 Å². The van der Waals surface area contributed by atoms with Gasteiger partial charge in [0.15, 0.2) is 0 Å². The molecule has 0 heterocycles. The van der Waals surface area contributed by atoms with Crippen LogP contribution in [-0.2, 0) is 0 Å². The van der Waals surface area contributed by atoms with Crippen LogP contribution in [0.25, 0.3) is 0 Å². The summed E-state index contributed by atoms with van der Waals surface area (Å²) in [5.41, 5.74) is 3.03. The predicted octanol–water partition coefficient (Wildman–Crippen LogP) is 5.92. The highest BCUT2D eigenvalue weighted by Gasteiger charge is 2.10. The van der Waals surface area contributed by atoms with Gasteiger partial charge in [0, 0.05) is 42.5 Å². The Morgan fingerprint density at radius 2 is 1.96 bits per heavy atom. The molecule has 0 aromatic heterocycles. The summed E-state index contributed by atoms with van der Waals surface area (Å²) < 4.78 is 2.03.